The van der Waals surface area contributed by atoms with Gasteiger partial charge >= 0.3 is 0 Å². The zero-order valence-electron chi connectivity index (χ0n) is 10.9. The molecular formula is C12H28N2O. The fraction of sp³-hybridized carbons (Fsp3) is 1.00. The molecule has 0 fully saturated rings. The summed E-state index contributed by atoms with van der Waals surface area (Å²) in [6.07, 6.45) is 4.70. The second kappa shape index (κ2) is 9.13. The Morgan fingerprint density at radius 1 is 0.867 bits per heavy atom. The Bertz CT molecular complexity index is 124. The predicted molar refractivity (Wildman–Crippen MR) is 66.2 cm³/mol. The van der Waals surface area contributed by atoms with Gasteiger partial charge < -0.3 is 14.9 Å². The fourth-order valence-corrected chi connectivity index (χ4v) is 1.72. The summed E-state index contributed by atoms with van der Waals surface area (Å²) in [5.41, 5.74) is 0. The van der Waals surface area contributed by atoms with Crippen molar-refractivity contribution in [1.29, 1.82) is 0 Å². The highest BCUT2D eigenvalue weighted by atomic mass is 16.3. The van der Waals surface area contributed by atoms with Crippen LogP contribution in [-0.4, -0.2) is 62.8 Å². The van der Waals surface area contributed by atoms with E-state index in [0.717, 1.165) is 25.9 Å². The van der Waals surface area contributed by atoms with Crippen molar-refractivity contribution < 1.29 is 5.11 Å². The summed E-state index contributed by atoms with van der Waals surface area (Å²) in [6.45, 7) is 2.61. The molecule has 0 aromatic heterocycles. The van der Waals surface area contributed by atoms with Crippen LogP contribution in [0.15, 0.2) is 0 Å². The second-order valence-corrected chi connectivity index (χ2v) is 4.94. The van der Waals surface area contributed by atoms with E-state index < -0.39 is 0 Å². The van der Waals surface area contributed by atoms with Gasteiger partial charge in [0.05, 0.1) is 0 Å². The number of hydrogen-bond acceptors (Lipinski definition) is 3. The van der Waals surface area contributed by atoms with Gasteiger partial charge in [0.15, 0.2) is 0 Å². The smallest absolute Gasteiger partial charge is 0.0459 e. The maximum Gasteiger partial charge on any atom is 0.0459 e. The van der Waals surface area contributed by atoms with Crippen molar-refractivity contribution in [3.63, 3.8) is 0 Å². The standard InChI is InChI=1S/C12H28N2O/c1-13(2)9-5-7-12(11-15)8-6-10-14(3)4/h12,15H,5-11H2,1-4H3. The van der Waals surface area contributed by atoms with Crippen LogP contribution in [0.25, 0.3) is 0 Å². The molecule has 1 N–H and O–H groups in total. The van der Waals surface area contributed by atoms with Crippen molar-refractivity contribution in [1.82, 2.24) is 9.80 Å². The zero-order valence-corrected chi connectivity index (χ0v) is 10.9. The van der Waals surface area contributed by atoms with E-state index in [2.05, 4.69) is 38.0 Å². The van der Waals surface area contributed by atoms with Crippen molar-refractivity contribution in [2.45, 2.75) is 25.7 Å². The highest BCUT2D eigenvalue weighted by molar-refractivity contribution is 4.60. The minimum absolute atomic E-state index is 0.348. The van der Waals surface area contributed by atoms with Crippen molar-refractivity contribution >= 4 is 0 Å². The first-order valence-corrected chi connectivity index (χ1v) is 5.96. The Labute approximate surface area is 95.1 Å². The number of nitrogens with zero attached hydrogens (tertiary/aromatic N) is 2. The Morgan fingerprint density at radius 2 is 1.27 bits per heavy atom. The monoisotopic (exact) mass is 216 g/mol. The average Bonchev–Trinajstić information content (AvgIpc) is 2.14. The molecule has 92 valence electrons. The van der Waals surface area contributed by atoms with Gasteiger partial charge in [-0.1, -0.05) is 0 Å². The molecule has 0 atom stereocenters. The van der Waals surface area contributed by atoms with Gasteiger partial charge in [-0.15, -0.1) is 0 Å². The third-order valence-electron chi connectivity index (χ3n) is 2.69. The summed E-state index contributed by atoms with van der Waals surface area (Å²) in [4.78, 5) is 4.41. The van der Waals surface area contributed by atoms with Gasteiger partial charge in [-0.05, 0) is 72.9 Å². The normalized spacial score (nSPS) is 12.0. The molecule has 0 saturated carbocycles. The molecule has 15 heavy (non-hydrogen) atoms. The summed E-state index contributed by atoms with van der Waals surface area (Å²) in [7, 11) is 8.39. The van der Waals surface area contributed by atoms with Gasteiger partial charge in [-0.25, -0.2) is 0 Å². The van der Waals surface area contributed by atoms with Crippen LogP contribution in [0, 0.1) is 5.92 Å². The summed E-state index contributed by atoms with van der Waals surface area (Å²) < 4.78 is 0. The molecule has 0 radical (unpaired) electrons. The van der Waals surface area contributed by atoms with E-state index in [9.17, 15) is 5.11 Å². The van der Waals surface area contributed by atoms with Crippen LogP contribution in [0.4, 0.5) is 0 Å². The molecule has 3 heteroatoms. The van der Waals surface area contributed by atoms with E-state index in [4.69, 9.17) is 0 Å². The minimum Gasteiger partial charge on any atom is -0.396 e. The molecule has 0 aliphatic rings. The third kappa shape index (κ3) is 10.2. The Balaban J connectivity index is 3.46. The molecule has 0 saturated heterocycles. The molecule has 0 aromatic rings. The molecule has 0 aliphatic heterocycles. The van der Waals surface area contributed by atoms with Gasteiger partial charge in [0.1, 0.15) is 0 Å². The average molecular weight is 216 g/mol. The van der Waals surface area contributed by atoms with Crippen LogP contribution in [-0.2, 0) is 0 Å². The van der Waals surface area contributed by atoms with Crippen molar-refractivity contribution in [3.05, 3.63) is 0 Å². The maximum absolute atomic E-state index is 9.23. The Hall–Kier alpha value is -0.120. The molecular weight excluding hydrogens is 188 g/mol. The highest BCUT2D eigenvalue weighted by Gasteiger charge is 2.07. The first-order chi connectivity index (χ1) is 7.06. The van der Waals surface area contributed by atoms with Crippen LogP contribution in [0.3, 0.4) is 0 Å². The van der Waals surface area contributed by atoms with Gasteiger partial charge in [0.25, 0.3) is 0 Å². The lowest BCUT2D eigenvalue weighted by molar-refractivity contribution is 0.198. The summed E-state index contributed by atoms with van der Waals surface area (Å²) in [6, 6.07) is 0. The molecule has 0 amide bonds. The van der Waals surface area contributed by atoms with E-state index in [0.29, 0.717) is 12.5 Å². The second-order valence-electron chi connectivity index (χ2n) is 4.94. The van der Waals surface area contributed by atoms with Crippen LogP contribution >= 0.6 is 0 Å². The van der Waals surface area contributed by atoms with Crippen LogP contribution in [0.1, 0.15) is 25.7 Å². The molecule has 0 unspecified atom stereocenters. The quantitative estimate of drug-likeness (QED) is 0.629. The maximum atomic E-state index is 9.23. The Kier molecular flexibility index (Phi) is 9.06. The number of aliphatic hydroxyl groups is 1. The van der Waals surface area contributed by atoms with Crippen LogP contribution < -0.4 is 0 Å². The van der Waals surface area contributed by atoms with Crippen molar-refractivity contribution in [3.8, 4) is 0 Å². The van der Waals surface area contributed by atoms with Gasteiger partial charge in [0.2, 0.25) is 0 Å². The summed E-state index contributed by atoms with van der Waals surface area (Å²) >= 11 is 0. The van der Waals surface area contributed by atoms with E-state index in [1.165, 1.54) is 12.8 Å². The van der Waals surface area contributed by atoms with Gasteiger partial charge in [0, 0.05) is 6.61 Å². The van der Waals surface area contributed by atoms with E-state index in [1.54, 1.807) is 0 Å². The highest BCUT2D eigenvalue weighted by Crippen LogP contribution is 2.13. The molecule has 0 spiro atoms. The lowest BCUT2D eigenvalue weighted by Crippen LogP contribution is -2.17. The molecule has 0 bridgehead atoms. The molecule has 0 rings (SSSR count). The molecule has 3 nitrogen and oxygen atoms in total. The number of aliphatic hydroxyl groups excluding tert-OH is 1. The van der Waals surface area contributed by atoms with Crippen molar-refractivity contribution in [2.75, 3.05) is 47.9 Å². The number of hydrogen-bond donors (Lipinski definition) is 1. The van der Waals surface area contributed by atoms with E-state index in [-0.39, 0.29) is 0 Å². The van der Waals surface area contributed by atoms with Crippen LogP contribution in [0.2, 0.25) is 0 Å². The first-order valence-electron chi connectivity index (χ1n) is 5.96. The minimum atomic E-state index is 0.348. The largest absolute Gasteiger partial charge is 0.396 e. The zero-order chi connectivity index (χ0) is 11.7. The summed E-state index contributed by atoms with van der Waals surface area (Å²) in [5.74, 6) is 0.505. The van der Waals surface area contributed by atoms with Gasteiger partial charge in [-0.3, -0.25) is 0 Å². The van der Waals surface area contributed by atoms with E-state index in [1.807, 2.05) is 0 Å². The predicted octanol–water partition coefficient (Wildman–Crippen LogP) is 1.28. The Morgan fingerprint density at radius 3 is 1.53 bits per heavy atom. The fourth-order valence-electron chi connectivity index (χ4n) is 1.72. The molecule has 0 heterocycles. The lowest BCUT2D eigenvalue weighted by atomic mass is 9.98. The first kappa shape index (κ1) is 14.9. The molecule has 0 aliphatic carbocycles. The van der Waals surface area contributed by atoms with Crippen molar-refractivity contribution in [2.24, 2.45) is 5.92 Å². The van der Waals surface area contributed by atoms with E-state index >= 15 is 0 Å². The SMILES string of the molecule is CN(C)CCCC(CO)CCCN(C)C. The van der Waals surface area contributed by atoms with Gasteiger partial charge in [-0.2, -0.15) is 0 Å². The third-order valence-corrected chi connectivity index (χ3v) is 2.69. The lowest BCUT2D eigenvalue weighted by Gasteiger charge is -2.17. The topological polar surface area (TPSA) is 26.7 Å². The van der Waals surface area contributed by atoms with Crippen LogP contribution in [0.5, 0.6) is 0 Å². The molecule has 0 aromatic carbocycles. The summed E-state index contributed by atoms with van der Waals surface area (Å²) in [5, 5.41) is 9.23. The number of rotatable bonds is 9.